The van der Waals surface area contributed by atoms with Crippen LogP contribution in [0.3, 0.4) is 0 Å². The smallest absolute Gasteiger partial charge is 0.142 e. The van der Waals surface area contributed by atoms with Gasteiger partial charge in [0.1, 0.15) is 17.6 Å². The molecule has 17 heavy (non-hydrogen) atoms. The maximum Gasteiger partial charge on any atom is 0.142 e. The fraction of sp³-hybridized carbons (Fsp3) is 0. The summed E-state index contributed by atoms with van der Waals surface area (Å²) < 4.78 is 1.07. The van der Waals surface area contributed by atoms with Crippen molar-refractivity contribution in [1.29, 1.82) is 5.26 Å². The van der Waals surface area contributed by atoms with Gasteiger partial charge in [-0.25, -0.2) is 4.98 Å². The Morgan fingerprint density at radius 3 is 2.82 bits per heavy atom. The van der Waals surface area contributed by atoms with Crippen LogP contribution < -0.4 is 5.32 Å². The van der Waals surface area contributed by atoms with E-state index in [1.807, 2.05) is 24.3 Å². The molecule has 0 saturated carbocycles. The highest BCUT2D eigenvalue weighted by atomic mass is 127. The third kappa shape index (κ3) is 3.08. The van der Waals surface area contributed by atoms with E-state index in [1.165, 1.54) is 0 Å². The monoisotopic (exact) mass is 355 g/mol. The highest BCUT2D eigenvalue weighted by Gasteiger charge is 2.02. The number of nitrogens with zero attached hydrogens (tertiary/aromatic N) is 2. The Bertz CT molecular complexity index is 593. The average Bonchev–Trinajstić information content (AvgIpc) is 2.33. The van der Waals surface area contributed by atoms with Crippen LogP contribution in [0.1, 0.15) is 5.69 Å². The fourth-order valence-corrected chi connectivity index (χ4v) is 2.20. The van der Waals surface area contributed by atoms with Crippen LogP contribution >= 0.6 is 34.2 Å². The molecule has 1 N–H and O–H groups in total. The van der Waals surface area contributed by atoms with E-state index in [2.05, 4.69) is 32.9 Å². The molecule has 1 heterocycles. The number of nitrogens with one attached hydrogen (secondary N) is 1. The predicted molar refractivity (Wildman–Crippen MR) is 76.4 cm³/mol. The molecular formula is C12H7ClIN3. The maximum absolute atomic E-state index is 8.75. The fourth-order valence-electron chi connectivity index (χ4n) is 1.30. The summed E-state index contributed by atoms with van der Waals surface area (Å²) >= 11 is 8.29. The molecule has 0 radical (unpaired) electrons. The van der Waals surface area contributed by atoms with Crippen molar-refractivity contribution in [3.8, 4) is 6.07 Å². The molecule has 5 heteroatoms. The Balaban J connectivity index is 2.28. The number of aromatic nitrogens is 1. The number of pyridine rings is 1. The number of nitriles is 1. The standard InChI is InChI=1S/C12H7ClIN3/c13-10-6-8(14)4-5-11(10)17-12-3-1-2-9(7-15)16-12/h1-6H,(H,16,17). The maximum atomic E-state index is 8.75. The van der Waals surface area contributed by atoms with Gasteiger partial charge >= 0.3 is 0 Å². The lowest BCUT2D eigenvalue weighted by atomic mass is 10.3. The van der Waals surface area contributed by atoms with E-state index < -0.39 is 0 Å². The van der Waals surface area contributed by atoms with Crippen molar-refractivity contribution in [2.24, 2.45) is 0 Å². The SMILES string of the molecule is N#Cc1cccc(Nc2ccc(I)cc2Cl)n1. The number of rotatable bonds is 2. The van der Waals surface area contributed by atoms with Gasteiger partial charge in [-0.15, -0.1) is 0 Å². The Labute approximate surface area is 118 Å². The van der Waals surface area contributed by atoms with E-state index in [0.29, 0.717) is 16.5 Å². The summed E-state index contributed by atoms with van der Waals surface area (Å²) in [5, 5.41) is 12.5. The first kappa shape index (κ1) is 12.1. The second kappa shape index (κ2) is 5.34. The van der Waals surface area contributed by atoms with E-state index in [0.717, 1.165) is 9.26 Å². The molecule has 0 unspecified atom stereocenters. The third-order valence-electron chi connectivity index (χ3n) is 2.06. The van der Waals surface area contributed by atoms with Crippen LogP contribution in [0.25, 0.3) is 0 Å². The van der Waals surface area contributed by atoms with Gasteiger partial charge in [0, 0.05) is 3.57 Å². The van der Waals surface area contributed by atoms with E-state index in [9.17, 15) is 0 Å². The zero-order valence-electron chi connectivity index (χ0n) is 8.61. The van der Waals surface area contributed by atoms with Gasteiger partial charge in [0.15, 0.2) is 0 Å². The zero-order chi connectivity index (χ0) is 12.3. The minimum absolute atomic E-state index is 0.372. The molecule has 1 aromatic heterocycles. The van der Waals surface area contributed by atoms with Gasteiger partial charge < -0.3 is 5.32 Å². The second-order valence-corrected chi connectivity index (χ2v) is 4.92. The molecule has 1 aromatic carbocycles. The lowest BCUT2D eigenvalue weighted by Gasteiger charge is -2.07. The van der Waals surface area contributed by atoms with Gasteiger partial charge in [-0.2, -0.15) is 5.26 Å². The first-order valence-electron chi connectivity index (χ1n) is 4.78. The van der Waals surface area contributed by atoms with Crippen LogP contribution in [-0.4, -0.2) is 4.98 Å². The summed E-state index contributed by atoms with van der Waals surface area (Å²) in [6.07, 6.45) is 0. The van der Waals surface area contributed by atoms with Crippen molar-refractivity contribution in [3.05, 3.63) is 50.7 Å². The van der Waals surface area contributed by atoms with Crippen LogP contribution in [0, 0.1) is 14.9 Å². The minimum Gasteiger partial charge on any atom is -0.339 e. The van der Waals surface area contributed by atoms with Gasteiger partial charge in [0.05, 0.1) is 10.7 Å². The molecule has 0 bridgehead atoms. The predicted octanol–water partition coefficient (Wildman–Crippen LogP) is 3.95. The number of hydrogen-bond acceptors (Lipinski definition) is 3. The molecule has 0 aliphatic carbocycles. The van der Waals surface area contributed by atoms with E-state index >= 15 is 0 Å². The quantitative estimate of drug-likeness (QED) is 0.830. The van der Waals surface area contributed by atoms with Gasteiger partial charge in [0.25, 0.3) is 0 Å². The Morgan fingerprint density at radius 1 is 1.29 bits per heavy atom. The highest BCUT2D eigenvalue weighted by molar-refractivity contribution is 14.1. The largest absolute Gasteiger partial charge is 0.339 e. The van der Waals surface area contributed by atoms with Crippen LogP contribution in [-0.2, 0) is 0 Å². The highest BCUT2D eigenvalue weighted by Crippen LogP contribution is 2.26. The van der Waals surface area contributed by atoms with E-state index in [1.54, 1.807) is 18.2 Å². The number of hydrogen-bond donors (Lipinski definition) is 1. The van der Waals surface area contributed by atoms with Crippen LogP contribution in [0.4, 0.5) is 11.5 Å². The molecule has 0 atom stereocenters. The summed E-state index contributed by atoms with van der Waals surface area (Å²) in [5.74, 6) is 0.604. The normalized spacial score (nSPS) is 9.71. The molecular weight excluding hydrogens is 349 g/mol. The van der Waals surface area contributed by atoms with Crippen molar-refractivity contribution < 1.29 is 0 Å². The van der Waals surface area contributed by atoms with Gasteiger partial charge in [-0.3, -0.25) is 0 Å². The summed E-state index contributed by atoms with van der Waals surface area (Å²) in [4.78, 5) is 4.12. The Kier molecular flexibility index (Phi) is 3.82. The van der Waals surface area contributed by atoms with Gasteiger partial charge in [0.2, 0.25) is 0 Å². The van der Waals surface area contributed by atoms with Crippen molar-refractivity contribution >= 4 is 45.7 Å². The molecule has 3 nitrogen and oxygen atoms in total. The summed E-state index contributed by atoms with van der Waals surface area (Å²) in [7, 11) is 0. The first-order valence-corrected chi connectivity index (χ1v) is 6.24. The van der Waals surface area contributed by atoms with Crippen molar-refractivity contribution in [2.75, 3.05) is 5.32 Å². The topological polar surface area (TPSA) is 48.7 Å². The van der Waals surface area contributed by atoms with Crippen molar-refractivity contribution in [3.63, 3.8) is 0 Å². The average molecular weight is 356 g/mol. The lowest BCUT2D eigenvalue weighted by Crippen LogP contribution is -1.95. The van der Waals surface area contributed by atoms with E-state index in [4.69, 9.17) is 16.9 Å². The molecule has 0 aliphatic rings. The molecule has 0 saturated heterocycles. The second-order valence-electron chi connectivity index (χ2n) is 3.27. The Morgan fingerprint density at radius 2 is 2.12 bits per heavy atom. The number of benzene rings is 1. The summed E-state index contributed by atoms with van der Waals surface area (Å²) in [6.45, 7) is 0. The first-order chi connectivity index (χ1) is 8.19. The number of halogens is 2. The molecule has 84 valence electrons. The van der Waals surface area contributed by atoms with Crippen molar-refractivity contribution in [1.82, 2.24) is 4.98 Å². The molecule has 0 aliphatic heterocycles. The van der Waals surface area contributed by atoms with Gasteiger partial charge in [-0.1, -0.05) is 17.7 Å². The molecule has 0 spiro atoms. The number of anilines is 2. The molecule has 0 fully saturated rings. The van der Waals surface area contributed by atoms with Crippen LogP contribution in [0.2, 0.25) is 5.02 Å². The third-order valence-corrected chi connectivity index (χ3v) is 3.04. The van der Waals surface area contributed by atoms with Crippen molar-refractivity contribution in [2.45, 2.75) is 0 Å². The van der Waals surface area contributed by atoms with Crippen LogP contribution in [0.15, 0.2) is 36.4 Å². The van der Waals surface area contributed by atoms with Gasteiger partial charge in [-0.05, 0) is 52.9 Å². The molecule has 2 aromatic rings. The van der Waals surface area contributed by atoms with E-state index in [-0.39, 0.29) is 0 Å². The Hall–Kier alpha value is -1.32. The lowest BCUT2D eigenvalue weighted by molar-refractivity contribution is 1.25. The molecule has 2 rings (SSSR count). The zero-order valence-corrected chi connectivity index (χ0v) is 11.5. The summed E-state index contributed by atoms with van der Waals surface area (Å²) in [6, 6.07) is 12.9. The summed E-state index contributed by atoms with van der Waals surface area (Å²) in [5.41, 5.74) is 1.14. The molecule has 0 amide bonds. The van der Waals surface area contributed by atoms with Crippen LogP contribution in [0.5, 0.6) is 0 Å². The minimum atomic E-state index is 0.372.